The van der Waals surface area contributed by atoms with Crippen molar-refractivity contribution >= 4 is 11.6 Å². The lowest BCUT2D eigenvalue weighted by molar-refractivity contribution is -0.121. The third kappa shape index (κ3) is 4.58. The highest BCUT2D eigenvalue weighted by Gasteiger charge is 2.20. The van der Waals surface area contributed by atoms with Crippen LogP contribution in [0.15, 0.2) is 30.1 Å². The van der Waals surface area contributed by atoms with E-state index in [0.29, 0.717) is 6.61 Å². The minimum absolute atomic E-state index is 0.0214. The zero-order chi connectivity index (χ0) is 15.8. The van der Waals surface area contributed by atoms with Crippen LogP contribution in [0, 0.1) is 13.8 Å². The number of nitrogens with zero attached hydrogens (tertiary/aromatic N) is 1. The van der Waals surface area contributed by atoms with Gasteiger partial charge < -0.3 is 4.74 Å². The number of carbonyl (C=O) groups is 1. The van der Waals surface area contributed by atoms with Gasteiger partial charge >= 0.3 is 0 Å². The lowest BCUT2D eigenvalue weighted by Crippen LogP contribution is -2.34. The molecule has 1 aromatic rings. The smallest absolute Gasteiger partial charge is 0.257 e. The molecule has 0 aliphatic carbocycles. The molecule has 0 radical (unpaired) electrons. The number of benzene rings is 1. The van der Waals surface area contributed by atoms with Gasteiger partial charge in [0.05, 0.1) is 12.3 Å². The van der Waals surface area contributed by atoms with Crippen LogP contribution in [0.25, 0.3) is 0 Å². The predicted octanol–water partition coefficient (Wildman–Crippen LogP) is 2.69. The van der Waals surface area contributed by atoms with E-state index in [1.807, 2.05) is 45.9 Å². The Morgan fingerprint density at radius 3 is 2.48 bits per heavy atom. The topological polar surface area (TPSA) is 50.8 Å². The Kier molecular flexibility index (Phi) is 6.91. The first-order valence-electron chi connectivity index (χ1n) is 6.95. The number of amides is 1. The molecule has 1 N–H and O–H groups in total. The van der Waals surface area contributed by atoms with Crippen LogP contribution in [-0.2, 0) is 14.4 Å². The van der Waals surface area contributed by atoms with E-state index in [2.05, 4.69) is 5.48 Å². The van der Waals surface area contributed by atoms with Crippen molar-refractivity contribution in [2.24, 2.45) is 0 Å². The third-order valence-corrected chi connectivity index (χ3v) is 3.03. The van der Waals surface area contributed by atoms with Crippen molar-refractivity contribution in [1.29, 1.82) is 0 Å². The number of nitrogens with one attached hydrogen (secondary N) is 1. The molecule has 0 aliphatic heterocycles. The number of ether oxygens (including phenoxy) is 1. The number of anilines is 1. The first-order valence-corrected chi connectivity index (χ1v) is 6.95. The monoisotopic (exact) mass is 292 g/mol. The van der Waals surface area contributed by atoms with Gasteiger partial charge in [-0.1, -0.05) is 18.2 Å². The highest BCUT2D eigenvalue weighted by Crippen LogP contribution is 2.27. The Balaban J connectivity index is 3.19. The van der Waals surface area contributed by atoms with Gasteiger partial charge in [0.15, 0.2) is 0 Å². The first kappa shape index (κ1) is 17.2. The Labute approximate surface area is 126 Å². The van der Waals surface area contributed by atoms with E-state index in [4.69, 9.17) is 9.57 Å². The average molecular weight is 292 g/mol. The average Bonchev–Trinajstić information content (AvgIpc) is 2.43. The summed E-state index contributed by atoms with van der Waals surface area (Å²) in [7, 11) is 1.51. The molecule has 0 saturated heterocycles. The summed E-state index contributed by atoms with van der Waals surface area (Å²) in [5.41, 5.74) is 6.41. The van der Waals surface area contributed by atoms with Crippen molar-refractivity contribution in [1.82, 2.24) is 5.48 Å². The maximum absolute atomic E-state index is 12.4. The molecule has 0 saturated carbocycles. The number of aryl methyl sites for hydroxylation is 2. The van der Waals surface area contributed by atoms with E-state index in [0.717, 1.165) is 22.5 Å². The van der Waals surface area contributed by atoms with Gasteiger partial charge in [0.25, 0.3) is 5.91 Å². The summed E-state index contributed by atoms with van der Waals surface area (Å²) in [6, 6.07) is 5.95. The van der Waals surface area contributed by atoms with Gasteiger partial charge in [0.1, 0.15) is 6.61 Å². The maximum atomic E-state index is 12.4. The number of allylic oxidation sites excluding steroid dienone is 1. The van der Waals surface area contributed by atoms with Gasteiger partial charge in [0.2, 0.25) is 0 Å². The molecular weight excluding hydrogens is 268 g/mol. The van der Waals surface area contributed by atoms with Crippen molar-refractivity contribution in [2.45, 2.75) is 27.7 Å². The molecule has 0 fully saturated rings. The lowest BCUT2D eigenvalue weighted by atomic mass is 10.1. The summed E-state index contributed by atoms with van der Waals surface area (Å²) >= 11 is 0. The minimum Gasteiger partial charge on any atom is -0.375 e. The lowest BCUT2D eigenvalue weighted by Gasteiger charge is -2.26. The van der Waals surface area contributed by atoms with Gasteiger partial charge in [-0.2, -0.15) is 0 Å². The molecule has 1 rings (SSSR count). The second-order valence-electron chi connectivity index (χ2n) is 4.74. The molecule has 0 aromatic heterocycles. The molecule has 21 heavy (non-hydrogen) atoms. The Bertz CT molecular complexity index is 492. The fourth-order valence-electron chi connectivity index (χ4n) is 2.12. The van der Waals surface area contributed by atoms with Crippen LogP contribution in [-0.4, -0.2) is 26.2 Å². The number of para-hydroxylation sites is 1. The summed E-state index contributed by atoms with van der Waals surface area (Å²) in [6.45, 7) is 8.27. The largest absolute Gasteiger partial charge is 0.375 e. The van der Waals surface area contributed by atoms with Crippen LogP contribution >= 0.6 is 0 Å². The minimum atomic E-state index is -0.123. The molecule has 116 valence electrons. The van der Waals surface area contributed by atoms with Gasteiger partial charge in [-0.15, -0.1) is 0 Å². The van der Waals surface area contributed by atoms with Gasteiger partial charge in [-0.25, -0.2) is 0 Å². The molecule has 0 unspecified atom stereocenters. The molecule has 0 aliphatic rings. The predicted molar refractivity (Wildman–Crippen MR) is 83.8 cm³/mol. The summed E-state index contributed by atoms with van der Waals surface area (Å²) in [5, 5.41) is 0. The van der Waals surface area contributed by atoms with Crippen LogP contribution in [0.5, 0.6) is 0 Å². The molecule has 1 aromatic carbocycles. The van der Waals surface area contributed by atoms with Crippen LogP contribution in [0.3, 0.4) is 0 Å². The molecule has 0 atom stereocenters. The Morgan fingerprint density at radius 1 is 1.33 bits per heavy atom. The zero-order valence-electron chi connectivity index (χ0n) is 13.4. The maximum Gasteiger partial charge on any atom is 0.257 e. The summed E-state index contributed by atoms with van der Waals surface area (Å²) in [6.07, 6.45) is 1.67. The van der Waals surface area contributed by atoms with E-state index in [-0.39, 0.29) is 12.5 Å². The quantitative estimate of drug-likeness (QED) is 0.620. The number of hydrogen-bond acceptors (Lipinski definition) is 4. The SMILES string of the molecule is CCONC=C(C)N(C(=O)COC)c1c(C)cccc1C. The van der Waals surface area contributed by atoms with Crippen LogP contribution in [0.2, 0.25) is 0 Å². The molecule has 5 heteroatoms. The number of hydroxylamine groups is 1. The van der Waals surface area contributed by atoms with Crippen LogP contribution < -0.4 is 10.4 Å². The van der Waals surface area contributed by atoms with Crippen molar-refractivity contribution in [2.75, 3.05) is 25.2 Å². The fraction of sp³-hybridized carbons (Fsp3) is 0.438. The summed E-state index contributed by atoms with van der Waals surface area (Å²) < 4.78 is 4.99. The van der Waals surface area contributed by atoms with Gasteiger partial charge in [-0.3, -0.25) is 20.0 Å². The standard InChI is InChI=1S/C16H24N2O3/c1-6-21-17-10-14(4)18(15(19)11-20-5)16-12(2)8-7-9-13(16)3/h7-10,17H,6,11H2,1-5H3. The second kappa shape index (κ2) is 8.44. The zero-order valence-corrected chi connectivity index (χ0v) is 13.4. The van der Waals surface area contributed by atoms with E-state index in [1.54, 1.807) is 11.1 Å². The van der Waals surface area contributed by atoms with E-state index in [1.165, 1.54) is 7.11 Å². The number of methoxy groups -OCH3 is 1. The number of rotatable bonds is 7. The molecule has 5 nitrogen and oxygen atoms in total. The fourth-order valence-corrected chi connectivity index (χ4v) is 2.12. The first-order chi connectivity index (χ1) is 10.0. The Hall–Kier alpha value is -1.85. The van der Waals surface area contributed by atoms with Crippen molar-refractivity contribution in [3.63, 3.8) is 0 Å². The number of hydrogen-bond donors (Lipinski definition) is 1. The highest BCUT2D eigenvalue weighted by atomic mass is 16.6. The second-order valence-corrected chi connectivity index (χ2v) is 4.74. The third-order valence-electron chi connectivity index (χ3n) is 3.03. The molecule has 1 amide bonds. The van der Waals surface area contributed by atoms with Crippen LogP contribution in [0.4, 0.5) is 5.69 Å². The van der Waals surface area contributed by atoms with E-state index in [9.17, 15) is 4.79 Å². The molecular formula is C16H24N2O3. The normalized spacial score (nSPS) is 11.4. The molecule has 0 bridgehead atoms. The Morgan fingerprint density at radius 2 is 1.95 bits per heavy atom. The van der Waals surface area contributed by atoms with Crippen molar-refractivity contribution in [3.05, 3.63) is 41.2 Å². The van der Waals surface area contributed by atoms with E-state index < -0.39 is 0 Å². The molecule has 0 heterocycles. The van der Waals surface area contributed by atoms with Crippen molar-refractivity contribution < 1.29 is 14.4 Å². The van der Waals surface area contributed by atoms with E-state index >= 15 is 0 Å². The number of carbonyl (C=O) groups excluding carboxylic acids is 1. The van der Waals surface area contributed by atoms with Crippen LogP contribution in [0.1, 0.15) is 25.0 Å². The summed E-state index contributed by atoms with van der Waals surface area (Å²) in [4.78, 5) is 19.2. The highest BCUT2D eigenvalue weighted by molar-refractivity contribution is 5.98. The molecule has 0 spiro atoms. The summed E-state index contributed by atoms with van der Waals surface area (Å²) in [5.74, 6) is -0.123. The van der Waals surface area contributed by atoms with Gasteiger partial charge in [-0.05, 0) is 38.8 Å². The van der Waals surface area contributed by atoms with Gasteiger partial charge in [0, 0.05) is 19.0 Å². The van der Waals surface area contributed by atoms with Crippen molar-refractivity contribution in [3.8, 4) is 0 Å².